The van der Waals surface area contributed by atoms with Crippen LogP contribution in [0.25, 0.3) is 0 Å². The molecule has 0 aromatic heterocycles. The molecule has 4 aliphatic carbocycles. The predicted octanol–water partition coefficient (Wildman–Crippen LogP) is 4.48. The van der Waals surface area contributed by atoms with Crippen molar-refractivity contribution in [3.63, 3.8) is 0 Å². The summed E-state index contributed by atoms with van der Waals surface area (Å²) in [6, 6.07) is -0.957. The lowest BCUT2D eigenvalue weighted by Gasteiger charge is -2.62. The fraction of sp³-hybridized carbons (Fsp3) is 0.720. The number of thioether (sulfide) groups is 1. The van der Waals surface area contributed by atoms with Gasteiger partial charge in [0.25, 0.3) is 0 Å². The normalized spacial score (nSPS) is 46.2. The second kappa shape index (κ2) is 8.01. The van der Waals surface area contributed by atoms with E-state index in [4.69, 9.17) is 4.74 Å². The second-order valence-electron chi connectivity index (χ2n) is 10.5. The third-order valence-electron chi connectivity index (χ3n) is 9.23. The van der Waals surface area contributed by atoms with Crippen LogP contribution in [0.15, 0.2) is 23.8 Å². The molecular weight excluding hydrogens is 450 g/mol. The fourth-order valence-electron chi connectivity index (χ4n) is 7.63. The van der Waals surface area contributed by atoms with E-state index in [1.54, 1.807) is 33.8 Å². The minimum atomic E-state index is -2.04. The van der Waals surface area contributed by atoms with Gasteiger partial charge in [-0.2, -0.15) is 0 Å². The van der Waals surface area contributed by atoms with Crippen LogP contribution >= 0.6 is 11.8 Å². The highest BCUT2D eigenvalue weighted by Gasteiger charge is 2.77. The van der Waals surface area contributed by atoms with Gasteiger partial charge in [-0.05, 0) is 62.4 Å². The van der Waals surface area contributed by atoms with Gasteiger partial charge in [0, 0.05) is 29.1 Å². The van der Waals surface area contributed by atoms with Gasteiger partial charge in [-0.15, -0.1) is 0 Å². The molecule has 0 saturated heterocycles. The predicted molar refractivity (Wildman–Crippen MR) is 121 cm³/mol. The largest absolute Gasteiger partial charge is 0.449 e. The number of alkyl halides is 2. The highest BCUT2D eigenvalue weighted by Crippen LogP contribution is 2.71. The van der Waals surface area contributed by atoms with Crippen LogP contribution in [-0.2, 0) is 19.1 Å². The van der Waals surface area contributed by atoms with Crippen molar-refractivity contribution in [3.8, 4) is 0 Å². The summed E-state index contributed by atoms with van der Waals surface area (Å²) < 4.78 is 36.4. The minimum Gasteiger partial charge on any atom is -0.449 e. The van der Waals surface area contributed by atoms with Crippen LogP contribution in [0.5, 0.6) is 0 Å². The Bertz CT molecular complexity index is 949. The first-order chi connectivity index (χ1) is 15.4. The number of carbonyl (C=O) groups is 3. The molecule has 8 heteroatoms. The molecule has 33 heavy (non-hydrogen) atoms. The van der Waals surface area contributed by atoms with Crippen LogP contribution < -0.4 is 0 Å². The van der Waals surface area contributed by atoms with Crippen molar-refractivity contribution in [1.29, 1.82) is 0 Å². The molecule has 3 saturated carbocycles. The summed E-state index contributed by atoms with van der Waals surface area (Å²) >= 11 is 0.469. The van der Waals surface area contributed by atoms with Gasteiger partial charge >= 0.3 is 5.97 Å². The van der Waals surface area contributed by atoms with Crippen LogP contribution in [-0.4, -0.2) is 45.4 Å². The van der Waals surface area contributed by atoms with Crippen LogP contribution in [0.2, 0.25) is 0 Å². The van der Waals surface area contributed by atoms with Crippen LogP contribution in [0, 0.1) is 28.6 Å². The minimum absolute atomic E-state index is 0.0485. The van der Waals surface area contributed by atoms with E-state index in [2.05, 4.69) is 0 Å². The molecule has 0 radical (unpaired) electrons. The molecule has 0 unspecified atom stereocenters. The Labute approximate surface area is 197 Å². The van der Waals surface area contributed by atoms with Gasteiger partial charge in [-0.1, -0.05) is 32.4 Å². The Morgan fingerprint density at radius 3 is 2.64 bits per heavy atom. The molecule has 8 atom stereocenters. The van der Waals surface area contributed by atoms with Crippen LogP contribution in [0.1, 0.15) is 59.8 Å². The number of allylic oxidation sites excluding steroid dienone is 4. The van der Waals surface area contributed by atoms with Crippen molar-refractivity contribution in [2.24, 2.45) is 28.6 Å². The Morgan fingerprint density at radius 1 is 1.30 bits per heavy atom. The highest BCUT2D eigenvalue weighted by atomic mass is 32.2. The second-order valence-corrected chi connectivity index (χ2v) is 11.4. The number of rotatable bonds is 4. The van der Waals surface area contributed by atoms with E-state index in [1.807, 2.05) is 0 Å². The van der Waals surface area contributed by atoms with Crippen LogP contribution in [0.4, 0.5) is 8.78 Å². The van der Waals surface area contributed by atoms with E-state index in [0.29, 0.717) is 36.6 Å². The van der Waals surface area contributed by atoms with Crippen LogP contribution in [0.3, 0.4) is 0 Å². The smallest absolute Gasteiger partial charge is 0.306 e. The number of carbonyl (C=O) groups excluding carboxylic acids is 3. The first kappa shape index (κ1) is 24.6. The van der Waals surface area contributed by atoms with Gasteiger partial charge in [0.2, 0.25) is 5.12 Å². The Morgan fingerprint density at radius 2 is 2.00 bits per heavy atom. The zero-order chi connectivity index (χ0) is 24.4. The van der Waals surface area contributed by atoms with Crippen molar-refractivity contribution in [2.75, 3.05) is 6.01 Å². The Balaban J connectivity index is 1.84. The number of hydrogen-bond acceptors (Lipinski definition) is 6. The summed E-state index contributed by atoms with van der Waals surface area (Å²) in [4.78, 5) is 37.8. The maximum absolute atomic E-state index is 17.2. The number of esters is 1. The molecule has 0 spiro atoms. The summed E-state index contributed by atoms with van der Waals surface area (Å²) in [5.74, 6) is -2.19. The van der Waals surface area contributed by atoms with E-state index < -0.39 is 57.1 Å². The SMILES string of the molecule is CCC(=O)O[C@]1(C(=O)SCF)[C@@H](C)C[C@H]2[C@@H]3CCC4=CC(=O)C=C[C@]4(C)[C@@]3(F)[C@@H](O)C[C@@]21C. The standard InChI is InChI=1S/C25H32F2O5S/c1-5-20(30)32-25(21(31)33-13-26)14(2)10-18-17-7-6-15-11-16(28)8-9-22(15,3)24(17,27)19(29)12-23(18,25)4/h8-9,11,14,17-19,29H,5-7,10,12-13H2,1-4H3/t14-,17-,18-,19-,22-,23-,24-,25-/m0/s1. The molecule has 0 amide bonds. The van der Waals surface area contributed by atoms with Gasteiger partial charge in [0.1, 0.15) is 6.01 Å². The lowest BCUT2D eigenvalue weighted by molar-refractivity contribution is -0.225. The molecule has 0 bridgehead atoms. The first-order valence-corrected chi connectivity index (χ1v) is 12.7. The third kappa shape index (κ3) is 3.01. The van der Waals surface area contributed by atoms with Crippen molar-refractivity contribution in [2.45, 2.75) is 77.2 Å². The van der Waals surface area contributed by atoms with Gasteiger partial charge in [0.05, 0.1) is 6.10 Å². The maximum Gasteiger partial charge on any atom is 0.306 e. The molecule has 0 aromatic rings. The Kier molecular flexibility index (Phi) is 5.96. The number of hydrogen-bond donors (Lipinski definition) is 1. The van der Waals surface area contributed by atoms with E-state index >= 15 is 4.39 Å². The van der Waals surface area contributed by atoms with E-state index in [1.165, 1.54) is 12.2 Å². The van der Waals surface area contributed by atoms with Crippen molar-refractivity contribution < 1.29 is 33.0 Å². The first-order valence-electron chi connectivity index (χ1n) is 11.7. The lowest BCUT2D eigenvalue weighted by Crippen LogP contribution is -2.69. The molecule has 0 heterocycles. The average molecular weight is 483 g/mol. The van der Waals surface area contributed by atoms with Crippen molar-refractivity contribution in [3.05, 3.63) is 23.8 Å². The maximum atomic E-state index is 17.2. The van der Waals surface area contributed by atoms with Gasteiger partial charge in [-0.3, -0.25) is 14.4 Å². The van der Waals surface area contributed by atoms with Gasteiger partial charge in [-0.25, -0.2) is 8.78 Å². The summed E-state index contributed by atoms with van der Waals surface area (Å²) in [6.07, 6.45) is 4.24. The van der Waals surface area contributed by atoms with Crippen molar-refractivity contribution >= 4 is 28.6 Å². The molecule has 0 aromatic carbocycles. The summed E-state index contributed by atoms with van der Waals surface area (Å²) in [5, 5.41) is 10.8. The number of ether oxygens (including phenoxy) is 1. The number of ketones is 1. The number of aliphatic hydroxyl groups excluding tert-OH is 1. The zero-order valence-corrected chi connectivity index (χ0v) is 20.3. The molecule has 0 aliphatic heterocycles. The zero-order valence-electron chi connectivity index (χ0n) is 19.5. The molecule has 1 N–H and O–H groups in total. The monoisotopic (exact) mass is 482 g/mol. The molecular formula is C25H32F2O5S. The lowest BCUT2D eigenvalue weighted by atomic mass is 9.45. The number of halogens is 2. The molecule has 3 fully saturated rings. The third-order valence-corrected chi connectivity index (χ3v) is 9.91. The average Bonchev–Trinajstić information content (AvgIpc) is 2.97. The van der Waals surface area contributed by atoms with Crippen molar-refractivity contribution in [1.82, 2.24) is 0 Å². The van der Waals surface area contributed by atoms with E-state index in [-0.39, 0.29) is 24.5 Å². The summed E-state index contributed by atoms with van der Waals surface area (Å²) in [6.45, 7) is 6.94. The molecule has 5 nitrogen and oxygen atoms in total. The Hall–Kier alpha value is -1.54. The molecule has 4 rings (SSSR count). The quantitative estimate of drug-likeness (QED) is 0.595. The summed E-state index contributed by atoms with van der Waals surface area (Å²) in [7, 11) is 0. The highest BCUT2D eigenvalue weighted by molar-refractivity contribution is 8.13. The van der Waals surface area contributed by atoms with Gasteiger partial charge < -0.3 is 9.84 Å². The topological polar surface area (TPSA) is 80.7 Å². The number of aliphatic hydroxyl groups is 1. The summed E-state index contributed by atoms with van der Waals surface area (Å²) in [5.41, 5.74) is -5.20. The molecule has 4 aliphatic rings. The molecule has 182 valence electrons. The van der Waals surface area contributed by atoms with E-state index in [9.17, 15) is 23.9 Å². The number of fused-ring (bicyclic) bond motifs is 5. The van der Waals surface area contributed by atoms with E-state index in [0.717, 1.165) is 0 Å². The van der Waals surface area contributed by atoms with Gasteiger partial charge in [0.15, 0.2) is 17.1 Å². The fourth-order valence-corrected chi connectivity index (χ4v) is 8.42.